The van der Waals surface area contributed by atoms with Crippen LogP contribution >= 0.6 is 0 Å². The van der Waals surface area contributed by atoms with Crippen molar-refractivity contribution in [1.29, 1.82) is 0 Å². The van der Waals surface area contributed by atoms with E-state index >= 15 is 0 Å². The molecule has 2 aromatic carbocycles. The highest BCUT2D eigenvalue weighted by molar-refractivity contribution is 5.48. The van der Waals surface area contributed by atoms with Crippen LogP contribution in [0.25, 0.3) is 0 Å². The summed E-state index contributed by atoms with van der Waals surface area (Å²) in [4.78, 5) is 7.77. The zero-order valence-electron chi connectivity index (χ0n) is 18.7. The summed E-state index contributed by atoms with van der Waals surface area (Å²) in [7, 11) is 0. The Morgan fingerprint density at radius 2 is 0.865 bits per heavy atom. The van der Waals surface area contributed by atoms with Crippen LogP contribution in [-0.2, 0) is 5.41 Å². The van der Waals surface area contributed by atoms with Gasteiger partial charge >= 0.3 is 12.4 Å². The lowest BCUT2D eigenvalue weighted by molar-refractivity contribution is -0.288. The van der Waals surface area contributed by atoms with Gasteiger partial charge in [-0.15, -0.1) is 0 Å². The van der Waals surface area contributed by atoms with Crippen LogP contribution in [0, 0.1) is 0 Å². The number of benzene rings is 2. The minimum absolute atomic E-state index is 0.0148. The van der Waals surface area contributed by atoms with E-state index in [4.69, 9.17) is 20.9 Å². The van der Waals surface area contributed by atoms with Gasteiger partial charge in [0.05, 0.1) is 23.8 Å². The van der Waals surface area contributed by atoms with Crippen molar-refractivity contribution in [2.24, 2.45) is 0 Å². The van der Waals surface area contributed by atoms with Crippen LogP contribution in [0.4, 0.5) is 37.7 Å². The third kappa shape index (κ3) is 5.08. The van der Waals surface area contributed by atoms with Crippen molar-refractivity contribution >= 4 is 11.4 Å². The van der Waals surface area contributed by atoms with Gasteiger partial charge in [-0.3, -0.25) is 0 Å². The minimum atomic E-state index is -5.74. The van der Waals surface area contributed by atoms with Gasteiger partial charge in [-0.2, -0.15) is 26.3 Å². The van der Waals surface area contributed by atoms with E-state index in [0.29, 0.717) is 11.4 Å². The first-order valence-electron chi connectivity index (χ1n) is 10.5. The highest BCUT2D eigenvalue weighted by atomic mass is 19.4. The highest BCUT2D eigenvalue weighted by Gasteiger charge is 2.72. The number of nitrogens with two attached hydrogens (primary N) is 2. The van der Waals surface area contributed by atoms with Crippen molar-refractivity contribution in [3.05, 3.63) is 96.3 Å². The summed E-state index contributed by atoms with van der Waals surface area (Å²) < 4.78 is 97.1. The van der Waals surface area contributed by atoms with E-state index in [2.05, 4.69) is 9.97 Å². The molecular weight excluding hydrogens is 502 g/mol. The smallest absolute Gasteiger partial charge is 0.411 e. The Morgan fingerprint density at radius 1 is 0.514 bits per heavy atom. The average Bonchev–Trinajstić information content (AvgIpc) is 2.83. The highest BCUT2D eigenvalue weighted by Crippen LogP contribution is 2.56. The first kappa shape index (κ1) is 25.6. The van der Waals surface area contributed by atoms with Crippen LogP contribution in [-0.4, -0.2) is 22.3 Å². The van der Waals surface area contributed by atoms with Crippen molar-refractivity contribution in [3.8, 4) is 23.3 Å². The fourth-order valence-electron chi connectivity index (χ4n) is 3.67. The molecule has 192 valence electrons. The van der Waals surface area contributed by atoms with Crippen molar-refractivity contribution in [2.45, 2.75) is 17.8 Å². The third-order valence-electron chi connectivity index (χ3n) is 5.39. The molecule has 0 amide bonds. The summed E-state index contributed by atoms with van der Waals surface area (Å²) in [6.07, 6.45) is -8.91. The Kier molecular flexibility index (Phi) is 6.59. The van der Waals surface area contributed by atoms with E-state index in [1.807, 2.05) is 0 Å². The predicted octanol–water partition coefficient (Wildman–Crippen LogP) is 6.64. The quantitative estimate of drug-likeness (QED) is 0.277. The molecule has 0 fully saturated rings. The van der Waals surface area contributed by atoms with Crippen molar-refractivity contribution in [3.63, 3.8) is 0 Å². The van der Waals surface area contributed by atoms with Crippen LogP contribution in [0.5, 0.6) is 23.3 Å². The van der Waals surface area contributed by atoms with Crippen LogP contribution in [0.2, 0.25) is 0 Å². The monoisotopic (exact) mass is 520 g/mol. The number of aromatic nitrogens is 2. The van der Waals surface area contributed by atoms with Gasteiger partial charge in [-0.05, 0) is 47.5 Å². The summed E-state index contributed by atoms with van der Waals surface area (Å²) in [5.74, 6) is 0.0927. The first-order valence-corrected chi connectivity index (χ1v) is 10.5. The second-order valence-electron chi connectivity index (χ2n) is 7.86. The molecule has 0 saturated carbocycles. The third-order valence-corrected chi connectivity index (χ3v) is 5.39. The SMILES string of the molecule is Nc1ccc(Oc2ccc(C(c3ccc(Oc4ccc(N)cn4)cc3)(C(F)(F)F)C(F)(F)F)cc2)nc1. The van der Waals surface area contributed by atoms with Crippen LogP contribution < -0.4 is 20.9 Å². The molecule has 0 saturated heterocycles. The van der Waals surface area contributed by atoms with Gasteiger partial charge < -0.3 is 20.9 Å². The van der Waals surface area contributed by atoms with Crippen LogP contribution in [0.15, 0.2) is 85.2 Å². The number of halogens is 6. The van der Waals surface area contributed by atoms with Crippen LogP contribution in [0.3, 0.4) is 0 Å². The van der Waals surface area contributed by atoms with Gasteiger partial charge in [0.2, 0.25) is 17.2 Å². The molecule has 2 aromatic heterocycles. The molecule has 4 N–H and O–H groups in total. The van der Waals surface area contributed by atoms with E-state index in [1.54, 1.807) is 0 Å². The fourth-order valence-corrected chi connectivity index (χ4v) is 3.67. The normalized spacial score (nSPS) is 12.3. The van der Waals surface area contributed by atoms with Gasteiger partial charge in [0.15, 0.2) is 0 Å². The molecule has 4 rings (SSSR count). The number of ether oxygens (including phenoxy) is 2. The van der Waals surface area contributed by atoms with Gasteiger partial charge in [0.1, 0.15) is 11.5 Å². The number of nitrogens with zero attached hydrogens (tertiary/aromatic N) is 2. The Bertz CT molecular complexity index is 1230. The zero-order valence-corrected chi connectivity index (χ0v) is 18.7. The largest absolute Gasteiger partial charge is 0.439 e. The Balaban J connectivity index is 1.71. The molecule has 0 unspecified atom stereocenters. The Hall–Kier alpha value is -4.48. The van der Waals surface area contributed by atoms with Gasteiger partial charge in [0, 0.05) is 12.1 Å². The van der Waals surface area contributed by atoms with Crippen LogP contribution in [0.1, 0.15) is 11.1 Å². The van der Waals surface area contributed by atoms with Gasteiger partial charge in [-0.25, -0.2) is 9.97 Å². The van der Waals surface area contributed by atoms with E-state index in [1.165, 1.54) is 36.7 Å². The zero-order chi connectivity index (χ0) is 26.8. The molecule has 0 bridgehead atoms. The predicted molar refractivity (Wildman–Crippen MR) is 123 cm³/mol. The summed E-state index contributed by atoms with van der Waals surface area (Å²) in [6.45, 7) is 0. The van der Waals surface area contributed by atoms with E-state index in [9.17, 15) is 26.3 Å². The topological polar surface area (TPSA) is 96.3 Å². The molecule has 0 aliphatic heterocycles. The molecule has 12 heteroatoms. The molecule has 0 radical (unpaired) electrons. The van der Waals surface area contributed by atoms with E-state index in [-0.39, 0.29) is 23.3 Å². The number of pyridine rings is 2. The van der Waals surface area contributed by atoms with Crippen molar-refractivity contribution in [1.82, 2.24) is 9.97 Å². The first-order chi connectivity index (χ1) is 17.4. The second-order valence-corrected chi connectivity index (χ2v) is 7.86. The second kappa shape index (κ2) is 9.52. The standard InChI is InChI=1S/C25H18F6N4O2/c26-24(27,28)23(25(29,30)31,15-1-7-19(8-2-15)36-21-11-5-17(32)13-34-21)16-3-9-20(10-4-16)37-22-12-6-18(33)14-35-22/h1-14H,32-33H2. The van der Waals surface area contributed by atoms with Gasteiger partial charge in [-0.1, -0.05) is 24.3 Å². The molecule has 0 spiro atoms. The minimum Gasteiger partial charge on any atom is -0.439 e. The molecular formula is C25H18F6N4O2. The molecule has 4 aromatic rings. The molecule has 37 heavy (non-hydrogen) atoms. The summed E-state index contributed by atoms with van der Waals surface area (Å²) in [5, 5.41) is 0. The lowest BCUT2D eigenvalue weighted by atomic mass is 9.73. The maximum atomic E-state index is 14.4. The number of nitrogen functional groups attached to an aromatic ring is 2. The number of anilines is 2. The molecule has 6 nitrogen and oxygen atoms in total. The molecule has 0 atom stereocenters. The number of alkyl halides is 6. The lowest BCUT2D eigenvalue weighted by Crippen LogP contribution is -2.54. The maximum absolute atomic E-state index is 14.4. The van der Waals surface area contributed by atoms with E-state index in [0.717, 1.165) is 48.5 Å². The van der Waals surface area contributed by atoms with Gasteiger partial charge in [0.25, 0.3) is 0 Å². The molecule has 2 heterocycles. The van der Waals surface area contributed by atoms with Crippen molar-refractivity contribution in [2.75, 3.05) is 11.5 Å². The number of hydrogen-bond donors (Lipinski definition) is 2. The maximum Gasteiger partial charge on any atom is 0.411 e. The van der Waals surface area contributed by atoms with Crippen molar-refractivity contribution < 1.29 is 35.8 Å². The number of hydrogen-bond acceptors (Lipinski definition) is 6. The van der Waals surface area contributed by atoms with E-state index < -0.39 is 28.9 Å². The summed E-state index contributed by atoms with van der Waals surface area (Å²) in [5.41, 5.74) is 5.36. The molecule has 0 aliphatic rings. The Labute approximate surface area is 206 Å². The number of rotatable bonds is 6. The summed E-state index contributed by atoms with van der Waals surface area (Å²) >= 11 is 0. The average molecular weight is 520 g/mol. The fraction of sp³-hybridized carbons (Fsp3) is 0.120. The lowest BCUT2D eigenvalue weighted by Gasteiger charge is -2.38. The molecule has 0 aliphatic carbocycles. The Morgan fingerprint density at radius 3 is 1.14 bits per heavy atom. The summed E-state index contributed by atoms with van der Waals surface area (Å²) in [6, 6.07) is 12.7.